The quantitative estimate of drug-likeness (QED) is 0.869. The molecule has 1 heterocycles. The first-order valence-electron chi connectivity index (χ1n) is 8.52. The Labute approximate surface area is 149 Å². The molecule has 3 rings (SSSR count). The average molecular weight is 352 g/mol. The maximum Gasteiger partial charge on any atom is 0.245 e. The molecule has 0 aromatic heterocycles. The number of nitrogens with zero attached hydrogens (tertiary/aromatic N) is 1. The normalized spacial score (nSPS) is 26.8. The van der Waals surface area contributed by atoms with Crippen LogP contribution in [0.5, 0.6) is 0 Å². The summed E-state index contributed by atoms with van der Waals surface area (Å²) in [7, 11) is 0. The molecule has 6 heteroatoms. The van der Waals surface area contributed by atoms with E-state index in [-0.39, 0.29) is 42.2 Å². The molecule has 132 valence electrons. The summed E-state index contributed by atoms with van der Waals surface area (Å²) in [4.78, 5) is 26.7. The SMILES string of the molecule is Cl.NC1CCCC(C(=O)NC2CCN(Cc3ccccc3)C2=O)C1. The lowest BCUT2D eigenvalue weighted by atomic mass is 9.85. The van der Waals surface area contributed by atoms with Crippen molar-refractivity contribution < 1.29 is 9.59 Å². The number of carbonyl (C=O) groups excluding carboxylic acids is 2. The lowest BCUT2D eigenvalue weighted by Gasteiger charge is -2.26. The average Bonchev–Trinajstić information content (AvgIpc) is 2.89. The monoisotopic (exact) mass is 351 g/mol. The van der Waals surface area contributed by atoms with Crippen molar-refractivity contribution in [2.24, 2.45) is 11.7 Å². The van der Waals surface area contributed by atoms with Gasteiger partial charge >= 0.3 is 0 Å². The molecule has 0 bridgehead atoms. The molecule has 1 saturated carbocycles. The Balaban J connectivity index is 0.00000208. The van der Waals surface area contributed by atoms with Crippen LogP contribution in [0, 0.1) is 5.92 Å². The standard InChI is InChI=1S/C18H25N3O2.ClH/c19-15-8-4-7-14(11-15)17(22)20-16-9-10-21(18(16)23)12-13-5-2-1-3-6-13;/h1-3,5-6,14-16H,4,7-12,19H2,(H,20,22);1H. The van der Waals surface area contributed by atoms with Gasteiger partial charge in [-0.1, -0.05) is 36.8 Å². The van der Waals surface area contributed by atoms with Gasteiger partial charge in [-0.05, 0) is 31.2 Å². The third-order valence-corrected chi connectivity index (χ3v) is 4.92. The van der Waals surface area contributed by atoms with E-state index in [9.17, 15) is 9.59 Å². The zero-order valence-corrected chi connectivity index (χ0v) is 14.6. The van der Waals surface area contributed by atoms with E-state index < -0.39 is 0 Å². The Morgan fingerprint density at radius 2 is 1.96 bits per heavy atom. The van der Waals surface area contributed by atoms with Crippen LogP contribution < -0.4 is 11.1 Å². The first-order chi connectivity index (χ1) is 11.1. The molecule has 1 aromatic carbocycles. The van der Waals surface area contributed by atoms with Gasteiger partial charge in [0.2, 0.25) is 11.8 Å². The molecule has 1 saturated heterocycles. The number of nitrogens with two attached hydrogens (primary N) is 1. The Morgan fingerprint density at radius 3 is 2.67 bits per heavy atom. The summed E-state index contributed by atoms with van der Waals surface area (Å²) in [5.74, 6) is -0.00269. The fraction of sp³-hybridized carbons (Fsp3) is 0.556. The highest BCUT2D eigenvalue weighted by Crippen LogP contribution is 2.24. The molecule has 3 atom stereocenters. The number of carbonyl (C=O) groups is 2. The van der Waals surface area contributed by atoms with Crippen LogP contribution in [0.3, 0.4) is 0 Å². The maximum atomic E-state index is 12.5. The van der Waals surface area contributed by atoms with E-state index >= 15 is 0 Å². The third kappa shape index (κ3) is 4.48. The number of nitrogens with one attached hydrogen (secondary N) is 1. The van der Waals surface area contributed by atoms with Crippen LogP contribution in [0.2, 0.25) is 0 Å². The third-order valence-electron chi connectivity index (χ3n) is 4.92. The number of amides is 2. The number of rotatable bonds is 4. The first-order valence-corrected chi connectivity index (χ1v) is 8.52. The second-order valence-corrected chi connectivity index (χ2v) is 6.72. The Morgan fingerprint density at radius 1 is 1.21 bits per heavy atom. The van der Waals surface area contributed by atoms with Crippen molar-refractivity contribution in [3.05, 3.63) is 35.9 Å². The van der Waals surface area contributed by atoms with Crippen LogP contribution in [-0.4, -0.2) is 35.3 Å². The molecule has 1 aliphatic heterocycles. The zero-order chi connectivity index (χ0) is 16.2. The highest BCUT2D eigenvalue weighted by Gasteiger charge is 2.34. The second kappa shape index (κ2) is 8.49. The molecular weight excluding hydrogens is 326 g/mol. The predicted octanol–water partition coefficient (Wildman–Crippen LogP) is 1.84. The van der Waals surface area contributed by atoms with Gasteiger partial charge in [0.15, 0.2) is 0 Å². The van der Waals surface area contributed by atoms with E-state index in [2.05, 4.69) is 5.32 Å². The molecule has 3 unspecified atom stereocenters. The molecule has 24 heavy (non-hydrogen) atoms. The van der Waals surface area contributed by atoms with Gasteiger partial charge in [0, 0.05) is 25.0 Å². The van der Waals surface area contributed by atoms with Crippen LogP contribution in [-0.2, 0) is 16.1 Å². The summed E-state index contributed by atoms with van der Waals surface area (Å²) in [6.07, 6.45) is 4.31. The van der Waals surface area contributed by atoms with Crippen molar-refractivity contribution in [3.8, 4) is 0 Å². The van der Waals surface area contributed by atoms with Crippen molar-refractivity contribution in [1.29, 1.82) is 0 Å². The molecule has 0 radical (unpaired) electrons. The minimum atomic E-state index is -0.371. The summed E-state index contributed by atoms with van der Waals surface area (Å²) in [6, 6.07) is 9.69. The van der Waals surface area contributed by atoms with E-state index in [0.29, 0.717) is 19.5 Å². The summed E-state index contributed by atoms with van der Waals surface area (Å²) >= 11 is 0. The first kappa shape index (κ1) is 18.7. The molecule has 2 amide bonds. The van der Waals surface area contributed by atoms with Gasteiger partial charge < -0.3 is 16.0 Å². The molecular formula is C18H26ClN3O2. The number of hydrogen-bond donors (Lipinski definition) is 2. The van der Waals surface area contributed by atoms with Crippen molar-refractivity contribution in [2.45, 2.75) is 50.7 Å². The van der Waals surface area contributed by atoms with Gasteiger partial charge in [0.25, 0.3) is 0 Å². The molecule has 2 aliphatic rings. The zero-order valence-electron chi connectivity index (χ0n) is 13.8. The minimum absolute atomic E-state index is 0. The lowest BCUT2D eigenvalue weighted by molar-refractivity contribution is -0.134. The van der Waals surface area contributed by atoms with Gasteiger partial charge in [0.1, 0.15) is 6.04 Å². The van der Waals surface area contributed by atoms with Crippen LogP contribution in [0.25, 0.3) is 0 Å². The number of benzene rings is 1. The molecule has 0 spiro atoms. The number of halogens is 1. The topological polar surface area (TPSA) is 75.4 Å². The van der Waals surface area contributed by atoms with E-state index in [1.807, 2.05) is 35.2 Å². The van der Waals surface area contributed by atoms with Gasteiger partial charge in [-0.15, -0.1) is 12.4 Å². The van der Waals surface area contributed by atoms with Crippen molar-refractivity contribution in [1.82, 2.24) is 10.2 Å². The lowest BCUT2D eigenvalue weighted by Crippen LogP contribution is -2.45. The van der Waals surface area contributed by atoms with Crippen LogP contribution in [0.4, 0.5) is 0 Å². The summed E-state index contributed by atoms with van der Waals surface area (Å²) in [5, 5.41) is 2.95. The van der Waals surface area contributed by atoms with Crippen LogP contribution in [0.15, 0.2) is 30.3 Å². The van der Waals surface area contributed by atoms with E-state index in [1.165, 1.54) is 0 Å². The molecule has 5 nitrogen and oxygen atoms in total. The largest absolute Gasteiger partial charge is 0.344 e. The summed E-state index contributed by atoms with van der Waals surface area (Å²) in [6.45, 7) is 1.31. The highest BCUT2D eigenvalue weighted by molar-refractivity contribution is 5.90. The van der Waals surface area contributed by atoms with E-state index in [4.69, 9.17) is 5.73 Å². The van der Waals surface area contributed by atoms with Crippen molar-refractivity contribution in [3.63, 3.8) is 0 Å². The fourth-order valence-electron chi connectivity index (χ4n) is 3.59. The predicted molar refractivity (Wildman–Crippen MR) is 95.6 cm³/mol. The number of hydrogen-bond acceptors (Lipinski definition) is 3. The van der Waals surface area contributed by atoms with Gasteiger partial charge in [-0.3, -0.25) is 9.59 Å². The van der Waals surface area contributed by atoms with Gasteiger partial charge in [-0.2, -0.15) is 0 Å². The Bertz CT molecular complexity index is 567. The molecule has 3 N–H and O–H groups in total. The smallest absolute Gasteiger partial charge is 0.245 e. The maximum absolute atomic E-state index is 12.5. The number of likely N-dealkylation sites (tertiary alicyclic amines) is 1. The highest BCUT2D eigenvalue weighted by atomic mass is 35.5. The summed E-state index contributed by atoms with van der Waals surface area (Å²) in [5.41, 5.74) is 7.07. The molecule has 1 aliphatic carbocycles. The Kier molecular flexibility index (Phi) is 6.63. The minimum Gasteiger partial charge on any atom is -0.344 e. The molecule has 1 aromatic rings. The fourth-order valence-corrected chi connectivity index (χ4v) is 3.59. The van der Waals surface area contributed by atoms with E-state index in [1.54, 1.807) is 0 Å². The second-order valence-electron chi connectivity index (χ2n) is 6.72. The van der Waals surface area contributed by atoms with Gasteiger partial charge in [0.05, 0.1) is 0 Å². The van der Waals surface area contributed by atoms with Crippen LogP contribution in [0.1, 0.15) is 37.7 Å². The Hall–Kier alpha value is -1.59. The van der Waals surface area contributed by atoms with Crippen molar-refractivity contribution >= 4 is 24.2 Å². The van der Waals surface area contributed by atoms with Crippen LogP contribution >= 0.6 is 12.4 Å². The van der Waals surface area contributed by atoms with Crippen molar-refractivity contribution in [2.75, 3.05) is 6.54 Å². The summed E-state index contributed by atoms with van der Waals surface area (Å²) < 4.78 is 0. The molecule has 2 fully saturated rings. The van der Waals surface area contributed by atoms with Gasteiger partial charge in [-0.25, -0.2) is 0 Å². The van der Waals surface area contributed by atoms with E-state index in [0.717, 1.165) is 31.2 Å².